The summed E-state index contributed by atoms with van der Waals surface area (Å²) < 4.78 is 33.1. The van der Waals surface area contributed by atoms with Gasteiger partial charge in [-0.05, 0) is 51.0 Å². The van der Waals surface area contributed by atoms with Gasteiger partial charge in [0.15, 0.2) is 6.10 Å². The summed E-state index contributed by atoms with van der Waals surface area (Å²) in [5.74, 6) is -0.366. The van der Waals surface area contributed by atoms with Crippen molar-refractivity contribution < 1.29 is 32.8 Å². The zero-order valence-electron chi connectivity index (χ0n) is 33.1. The zero-order chi connectivity index (χ0) is 37.4. The molecule has 0 saturated heterocycles. The van der Waals surface area contributed by atoms with Crippen molar-refractivity contribution in [2.75, 3.05) is 26.4 Å². The van der Waals surface area contributed by atoms with E-state index in [1.165, 1.54) is 116 Å². The number of hydrogen-bond donors (Lipinski definition) is 2. The first-order chi connectivity index (χ1) is 24.9. The van der Waals surface area contributed by atoms with Gasteiger partial charge in [-0.25, -0.2) is 4.57 Å². The Morgan fingerprint density at radius 1 is 0.608 bits per heavy atom. The fourth-order valence-corrected chi connectivity index (χ4v) is 6.51. The van der Waals surface area contributed by atoms with Gasteiger partial charge < -0.3 is 20.1 Å². The van der Waals surface area contributed by atoms with Crippen LogP contribution < -0.4 is 5.73 Å². The van der Waals surface area contributed by atoms with E-state index < -0.39 is 13.9 Å². The number of carbonyl (C=O) groups is 1. The van der Waals surface area contributed by atoms with Crippen molar-refractivity contribution in [3.05, 3.63) is 36.6 Å². The second-order valence-corrected chi connectivity index (χ2v) is 15.4. The Labute approximate surface area is 314 Å². The largest absolute Gasteiger partial charge is 0.498 e. The Morgan fingerprint density at radius 3 is 1.61 bits per heavy atom. The van der Waals surface area contributed by atoms with Crippen LogP contribution in [0.25, 0.3) is 0 Å². The van der Waals surface area contributed by atoms with Crippen LogP contribution in [-0.2, 0) is 27.9 Å². The second-order valence-electron chi connectivity index (χ2n) is 13.9. The van der Waals surface area contributed by atoms with E-state index in [0.29, 0.717) is 0 Å². The molecule has 3 N–H and O–H groups in total. The highest BCUT2D eigenvalue weighted by Crippen LogP contribution is 2.43. The Morgan fingerprint density at radius 2 is 1.08 bits per heavy atom. The summed E-state index contributed by atoms with van der Waals surface area (Å²) in [6, 6.07) is 0. The highest BCUT2D eigenvalue weighted by molar-refractivity contribution is 7.47. The van der Waals surface area contributed by atoms with E-state index in [1.54, 1.807) is 6.26 Å². The molecule has 2 atom stereocenters. The first-order valence-corrected chi connectivity index (χ1v) is 22.5. The molecule has 51 heavy (non-hydrogen) atoms. The topological polar surface area (TPSA) is 117 Å². The lowest BCUT2D eigenvalue weighted by molar-refractivity contribution is -0.153. The molecule has 0 heterocycles. The number of phosphoric acid groups is 1. The summed E-state index contributed by atoms with van der Waals surface area (Å²) in [6.07, 6.45) is 45.4. The molecule has 0 radical (unpaired) electrons. The first kappa shape index (κ1) is 49.6. The molecule has 0 spiro atoms. The Bertz CT molecular complexity index is 879. The standard InChI is InChI=1S/C42H80NO7P/c1-3-5-7-9-11-13-15-17-19-20-21-22-24-26-28-30-32-34-37-47-39-41(40-49-51(45,46)48-38-36-43)50-42(44)35-33-31-29-27-25-23-18-16-14-12-10-8-6-4-2/h10,12,16,18,34,37,41H,3-9,11,13-15,17,19-33,35-36,38-40,43H2,1-2H3,(H,45,46)/b12-10+,18-16+,37-34+/t41-/m1/s1. The lowest BCUT2D eigenvalue weighted by Crippen LogP contribution is -2.27. The van der Waals surface area contributed by atoms with Crippen molar-refractivity contribution in [2.45, 2.75) is 200 Å². The van der Waals surface area contributed by atoms with E-state index in [4.69, 9.17) is 24.3 Å². The molecule has 0 rings (SSSR count). The van der Waals surface area contributed by atoms with E-state index in [9.17, 15) is 14.3 Å². The van der Waals surface area contributed by atoms with Crippen LogP contribution in [0.5, 0.6) is 0 Å². The number of nitrogens with two attached hydrogens (primary N) is 1. The smallest absolute Gasteiger partial charge is 0.472 e. The van der Waals surface area contributed by atoms with Crippen molar-refractivity contribution in [3.63, 3.8) is 0 Å². The Kier molecular flexibility index (Phi) is 38.6. The maximum atomic E-state index is 12.5. The van der Waals surface area contributed by atoms with Crippen molar-refractivity contribution >= 4 is 13.8 Å². The van der Waals surface area contributed by atoms with Crippen LogP contribution in [0.4, 0.5) is 0 Å². The van der Waals surface area contributed by atoms with Gasteiger partial charge in [-0.1, -0.05) is 167 Å². The lowest BCUT2D eigenvalue weighted by atomic mass is 10.0. The number of phosphoric ester groups is 1. The summed E-state index contributed by atoms with van der Waals surface area (Å²) in [5.41, 5.74) is 5.36. The van der Waals surface area contributed by atoms with Crippen LogP contribution in [0.1, 0.15) is 194 Å². The first-order valence-electron chi connectivity index (χ1n) is 21.0. The summed E-state index contributed by atoms with van der Waals surface area (Å²) in [6.45, 7) is 4.19. The van der Waals surface area contributed by atoms with Crippen molar-refractivity contribution in [1.82, 2.24) is 0 Å². The molecule has 0 amide bonds. The van der Waals surface area contributed by atoms with Gasteiger partial charge in [-0.3, -0.25) is 13.8 Å². The molecule has 0 aliphatic heterocycles. The van der Waals surface area contributed by atoms with Crippen LogP contribution >= 0.6 is 7.82 Å². The van der Waals surface area contributed by atoms with E-state index in [-0.39, 0.29) is 38.8 Å². The molecule has 0 aliphatic carbocycles. The third-order valence-corrected chi connectivity index (χ3v) is 9.86. The lowest BCUT2D eigenvalue weighted by Gasteiger charge is -2.19. The SMILES string of the molecule is CCCC/C=C/C/C=C/CCCCCCCC(=O)O[C@H](CO/C=C/CCCCCCCCCCCCCCCCCC)COP(=O)(O)OCCN. The number of unbranched alkanes of at least 4 members (excludes halogenated alkanes) is 23. The van der Waals surface area contributed by atoms with Crippen LogP contribution in [0.2, 0.25) is 0 Å². The number of carbonyl (C=O) groups excluding carboxylic acids is 1. The van der Waals surface area contributed by atoms with Gasteiger partial charge in [0, 0.05) is 13.0 Å². The average Bonchev–Trinajstić information content (AvgIpc) is 3.12. The average molecular weight is 742 g/mol. The molecule has 0 fully saturated rings. The highest BCUT2D eigenvalue weighted by atomic mass is 31.2. The molecule has 0 saturated carbocycles. The van der Waals surface area contributed by atoms with Gasteiger partial charge in [0.05, 0.1) is 19.5 Å². The molecule has 0 aromatic rings. The van der Waals surface area contributed by atoms with Crippen molar-refractivity contribution in [2.24, 2.45) is 5.73 Å². The molecule has 300 valence electrons. The van der Waals surface area contributed by atoms with Crippen molar-refractivity contribution in [3.8, 4) is 0 Å². The van der Waals surface area contributed by atoms with E-state index in [0.717, 1.165) is 57.8 Å². The quantitative estimate of drug-likeness (QED) is 0.0209. The Balaban J connectivity index is 4.09. The summed E-state index contributed by atoms with van der Waals surface area (Å²) in [7, 11) is -4.29. The monoisotopic (exact) mass is 742 g/mol. The molecule has 0 aromatic heterocycles. The fraction of sp³-hybridized carbons (Fsp3) is 0.833. The molecule has 9 heteroatoms. The fourth-order valence-electron chi connectivity index (χ4n) is 5.74. The van der Waals surface area contributed by atoms with Gasteiger partial charge in [-0.15, -0.1) is 0 Å². The number of rotatable bonds is 40. The minimum atomic E-state index is -4.29. The molecule has 0 aliphatic rings. The zero-order valence-corrected chi connectivity index (χ0v) is 34.0. The van der Waals surface area contributed by atoms with Crippen LogP contribution in [0, 0.1) is 0 Å². The van der Waals surface area contributed by atoms with Gasteiger partial charge in [0.25, 0.3) is 0 Å². The number of esters is 1. The minimum absolute atomic E-state index is 0.0279. The van der Waals surface area contributed by atoms with Gasteiger partial charge in [-0.2, -0.15) is 0 Å². The van der Waals surface area contributed by atoms with Crippen LogP contribution in [-0.4, -0.2) is 43.3 Å². The van der Waals surface area contributed by atoms with Gasteiger partial charge >= 0.3 is 13.8 Å². The van der Waals surface area contributed by atoms with Gasteiger partial charge in [0.1, 0.15) is 6.61 Å². The maximum Gasteiger partial charge on any atom is 0.472 e. The minimum Gasteiger partial charge on any atom is -0.498 e. The summed E-state index contributed by atoms with van der Waals surface area (Å²) >= 11 is 0. The third kappa shape index (κ3) is 39.6. The normalized spacial score (nSPS) is 13.8. The summed E-state index contributed by atoms with van der Waals surface area (Å²) in [5, 5.41) is 0. The molecule has 8 nitrogen and oxygen atoms in total. The Hall–Kier alpha value is -1.44. The number of hydrogen-bond acceptors (Lipinski definition) is 7. The number of ether oxygens (including phenoxy) is 2. The predicted molar refractivity (Wildman–Crippen MR) is 215 cm³/mol. The van der Waals surface area contributed by atoms with E-state index in [2.05, 4.69) is 38.2 Å². The molecular weight excluding hydrogens is 661 g/mol. The third-order valence-electron chi connectivity index (χ3n) is 8.87. The molecule has 1 unspecified atom stereocenters. The summed E-state index contributed by atoms with van der Waals surface area (Å²) in [4.78, 5) is 22.4. The maximum absolute atomic E-state index is 12.5. The highest BCUT2D eigenvalue weighted by Gasteiger charge is 2.25. The van der Waals surface area contributed by atoms with Crippen LogP contribution in [0.15, 0.2) is 36.6 Å². The number of allylic oxidation sites excluding steroid dienone is 5. The molecular formula is C42H80NO7P. The van der Waals surface area contributed by atoms with E-state index >= 15 is 0 Å². The predicted octanol–water partition coefficient (Wildman–Crippen LogP) is 12.6. The van der Waals surface area contributed by atoms with Crippen LogP contribution in [0.3, 0.4) is 0 Å². The van der Waals surface area contributed by atoms with Crippen molar-refractivity contribution in [1.29, 1.82) is 0 Å². The molecule has 0 aromatic carbocycles. The van der Waals surface area contributed by atoms with Gasteiger partial charge in [0.2, 0.25) is 0 Å². The molecule has 0 bridgehead atoms. The second kappa shape index (κ2) is 39.8. The van der Waals surface area contributed by atoms with E-state index in [1.807, 2.05) is 6.08 Å².